The van der Waals surface area contributed by atoms with Gasteiger partial charge in [0.25, 0.3) is 0 Å². The summed E-state index contributed by atoms with van der Waals surface area (Å²) in [5.74, 6) is -0.811. The van der Waals surface area contributed by atoms with Gasteiger partial charge in [0, 0.05) is 0 Å². The lowest BCUT2D eigenvalue weighted by Gasteiger charge is -2.18. The summed E-state index contributed by atoms with van der Waals surface area (Å²) < 4.78 is 43.0. The van der Waals surface area contributed by atoms with Gasteiger partial charge in [-0.2, -0.15) is 13.2 Å². The summed E-state index contributed by atoms with van der Waals surface area (Å²) >= 11 is 0. The first-order valence-electron chi connectivity index (χ1n) is 8.21. The van der Waals surface area contributed by atoms with Crippen LogP contribution in [0.4, 0.5) is 13.2 Å². The maximum atomic E-state index is 12.7. The van der Waals surface area contributed by atoms with Gasteiger partial charge in [0.1, 0.15) is 5.75 Å². The molecule has 6 heteroatoms. The number of phenolic OH excluding ortho intramolecular Hbond substituents is 1. The first-order valence-corrected chi connectivity index (χ1v) is 8.21. The number of phenols is 1. The number of ether oxygens (including phenoxy) is 1. The van der Waals surface area contributed by atoms with Crippen molar-refractivity contribution in [3.63, 3.8) is 0 Å². The summed E-state index contributed by atoms with van der Waals surface area (Å²) in [6.45, 7) is 3.94. The number of esters is 1. The van der Waals surface area contributed by atoms with Crippen LogP contribution in [-0.4, -0.2) is 18.2 Å². The zero-order valence-electron chi connectivity index (χ0n) is 14.8. The molecule has 2 rings (SSSR count). The molecule has 0 heterocycles. The Morgan fingerprint density at radius 2 is 1.69 bits per heavy atom. The number of halogens is 3. The van der Waals surface area contributed by atoms with E-state index < -0.39 is 23.6 Å². The zero-order valence-corrected chi connectivity index (χ0v) is 14.8. The zero-order chi connectivity index (χ0) is 19.5. The number of aromatic hydroxyl groups is 1. The van der Waals surface area contributed by atoms with E-state index in [4.69, 9.17) is 4.74 Å². The van der Waals surface area contributed by atoms with Crippen molar-refractivity contribution in [2.24, 2.45) is 5.92 Å². The predicted molar refractivity (Wildman–Crippen MR) is 92.8 cm³/mol. The van der Waals surface area contributed by atoms with E-state index in [1.54, 1.807) is 6.07 Å². The van der Waals surface area contributed by atoms with Crippen LogP contribution < -0.4 is 0 Å². The Bertz CT molecular complexity index is 765. The molecule has 1 unspecified atom stereocenters. The van der Waals surface area contributed by atoms with Gasteiger partial charge >= 0.3 is 12.1 Å². The Hall–Kier alpha value is -2.50. The van der Waals surface area contributed by atoms with E-state index in [1.165, 1.54) is 31.4 Å². The fourth-order valence-corrected chi connectivity index (χ4v) is 2.84. The molecule has 0 amide bonds. The molecule has 0 radical (unpaired) electrons. The monoisotopic (exact) mass is 366 g/mol. The number of hydrogen-bond donors (Lipinski definition) is 1. The smallest absolute Gasteiger partial charge is 0.416 e. The molecule has 0 aliphatic carbocycles. The fraction of sp³-hybridized carbons (Fsp3) is 0.350. The maximum Gasteiger partial charge on any atom is 0.416 e. The highest BCUT2D eigenvalue weighted by Gasteiger charge is 2.30. The molecule has 1 atom stereocenters. The van der Waals surface area contributed by atoms with Crippen LogP contribution in [0.1, 0.15) is 37.3 Å². The highest BCUT2D eigenvalue weighted by atomic mass is 19.4. The van der Waals surface area contributed by atoms with E-state index in [9.17, 15) is 23.1 Å². The van der Waals surface area contributed by atoms with E-state index in [2.05, 4.69) is 0 Å². The molecule has 0 fully saturated rings. The first-order chi connectivity index (χ1) is 12.1. The van der Waals surface area contributed by atoms with Crippen molar-refractivity contribution in [1.82, 2.24) is 0 Å². The van der Waals surface area contributed by atoms with Crippen molar-refractivity contribution >= 4 is 5.97 Å². The van der Waals surface area contributed by atoms with Crippen LogP contribution in [0.25, 0.3) is 11.1 Å². The number of carbonyl (C=O) groups is 1. The van der Waals surface area contributed by atoms with E-state index in [1.807, 2.05) is 13.8 Å². The van der Waals surface area contributed by atoms with Gasteiger partial charge in [-0.3, -0.25) is 4.79 Å². The van der Waals surface area contributed by atoms with Gasteiger partial charge in [-0.05, 0) is 53.3 Å². The summed E-state index contributed by atoms with van der Waals surface area (Å²) in [7, 11) is 1.30. The van der Waals surface area contributed by atoms with Crippen molar-refractivity contribution < 1.29 is 27.8 Å². The third-order valence-corrected chi connectivity index (χ3v) is 4.08. The Kier molecular flexibility index (Phi) is 5.95. The molecule has 26 heavy (non-hydrogen) atoms. The van der Waals surface area contributed by atoms with Gasteiger partial charge in [-0.25, -0.2) is 0 Å². The van der Waals surface area contributed by atoms with Crippen LogP contribution in [0.2, 0.25) is 0 Å². The lowest BCUT2D eigenvalue weighted by atomic mass is 9.88. The molecule has 0 saturated heterocycles. The summed E-state index contributed by atoms with van der Waals surface area (Å²) in [5.41, 5.74) is 0.879. The first kappa shape index (κ1) is 19.8. The van der Waals surface area contributed by atoms with Gasteiger partial charge in [-0.15, -0.1) is 0 Å². The molecule has 0 aliphatic heterocycles. The topological polar surface area (TPSA) is 46.5 Å². The van der Waals surface area contributed by atoms with Gasteiger partial charge in [0.2, 0.25) is 0 Å². The van der Waals surface area contributed by atoms with Gasteiger partial charge in [0.15, 0.2) is 0 Å². The molecular weight excluding hydrogens is 345 g/mol. The SMILES string of the molecule is COC(=O)C(CC(C)C)c1cc(O)cc(-c2ccc(C(F)(F)F)cc2)c1. The highest BCUT2D eigenvalue weighted by Crippen LogP contribution is 2.34. The van der Waals surface area contributed by atoms with Crippen molar-refractivity contribution in [3.8, 4) is 16.9 Å². The molecule has 0 spiro atoms. The highest BCUT2D eigenvalue weighted by molar-refractivity contribution is 5.79. The Morgan fingerprint density at radius 3 is 2.19 bits per heavy atom. The molecule has 0 aliphatic rings. The van der Waals surface area contributed by atoms with Crippen LogP contribution in [0, 0.1) is 5.92 Å². The van der Waals surface area contributed by atoms with Crippen LogP contribution >= 0.6 is 0 Å². The quantitative estimate of drug-likeness (QED) is 0.723. The number of carbonyl (C=O) groups excluding carboxylic acids is 1. The molecule has 2 aromatic carbocycles. The minimum atomic E-state index is -4.41. The van der Waals surface area contributed by atoms with E-state index in [0.717, 1.165) is 12.1 Å². The third-order valence-electron chi connectivity index (χ3n) is 4.08. The lowest BCUT2D eigenvalue weighted by Crippen LogP contribution is -2.16. The second-order valence-corrected chi connectivity index (χ2v) is 6.59. The van der Waals surface area contributed by atoms with Crippen LogP contribution in [-0.2, 0) is 15.7 Å². The van der Waals surface area contributed by atoms with Crippen molar-refractivity contribution in [1.29, 1.82) is 0 Å². The van der Waals surface area contributed by atoms with Gasteiger partial charge in [-0.1, -0.05) is 32.0 Å². The molecule has 1 N–H and O–H groups in total. The summed E-state index contributed by atoms with van der Waals surface area (Å²) in [4.78, 5) is 12.1. The largest absolute Gasteiger partial charge is 0.508 e. The average molecular weight is 366 g/mol. The van der Waals surface area contributed by atoms with Crippen LogP contribution in [0.5, 0.6) is 5.75 Å². The summed E-state index contributed by atoms with van der Waals surface area (Å²) in [5, 5.41) is 10.0. The van der Waals surface area contributed by atoms with E-state index in [-0.39, 0.29) is 11.7 Å². The Morgan fingerprint density at radius 1 is 1.08 bits per heavy atom. The molecule has 3 nitrogen and oxygen atoms in total. The number of alkyl halides is 3. The molecule has 140 valence electrons. The average Bonchev–Trinajstić information content (AvgIpc) is 2.57. The van der Waals surface area contributed by atoms with Crippen molar-refractivity contribution in [3.05, 3.63) is 53.6 Å². The molecular formula is C20H21F3O3. The molecule has 2 aromatic rings. The number of methoxy groups -OCH3 is 1. The van der Waals surface area contributed by atoms with Crippen LogP contribution in [0.15, 0.2) is 42.5 Å². The summed E-state index contributed by atoms with van der Waals surface area (Å²) in [6.07, 6.45) is -3.88. The summed E-state index contributed by atoms with van der Waals surface area (Å²) in [6, 6.07) is 9.31. The maximum absolute atomic E-state index is 12.7. The lowest BCUT2D eigenvalue weighted by molar-refractivity contribution is -0.143. The number of rotatable bonds is 5. The second-order valence-electron chi connectivity index (χ2n) is 6.59. The molecule has 0 aromatic heterocycles. The van der Waals surface area contributed by atoms with Crippen molar-refractivity contribution in [2.75, 3.05) is 7.11 Å². The normalized spacial score (nSPS) is 12.9. The van der Waals surface area contributed by atoms with Gasteiger partial charge in [0.05, 0.1) is 18.6 Å². The van der Waals surface area contributed by atoms with Gasteiger partial charge < -0.3 is 9.84 Å². The second kappa shape index (κ2) is 7.81. The Balaban J connectivity index is 2.44. The van der Waals surface area contributed by atoms with E-state index >= 15 is 0 Å². The fourth-order valence-electron chi connectivity index (χ4n) is 2.84. The minimum Gasteiger partial charge on any atom is -0.508 e. The van der Waals surface area contributed by atoms with Crippen LogP contribution in [0.3, 0.4) is 0 Å². The molecule has 0 saturated carbocycles. The molecule has 0 bridgehead atoms. The minimum absolute atomic E-state index is 0.0601. The third kappa shape index (κ3) is 4.77. The Labute approximate surface area is 150 Å². The number of hydrogen-bond acceptors (Lipinski definition) is 3. The van der Waals surface area contributed by atoms with Crippen molar-refractivity contribution in [2.45, 2.75) is 32.4 Å². The predicted octanol–water partition coefficient (Wildman–Crippen LogP) is 5.38. The van der Waals surface area contributed by atoms with E-state index in [0.29, 0.717) is 23.1 Å². The standard InChI is InChI=1S/C20H21F3O3/c1-12(2)8-18(19(25)26-3)15-9-14(10-17(24)11-15)13-4-6-16(7-5-13)20(21,22)23/h4-7,9-12,18,24H,8H2,1-3H3. The number of benzene rings is 2.